The fourth-order valence-corrected chi connectivity index (χ4v) is 1.91. The van der Waals surface area contributed by atoms with E-state index in [9.17, 15) is 0 Å². The first-order valence-corrected chi connectivity index (χ1v) is 4.73. The lowest BCUT2D eigenvalue weighted by Gasteiger charge is -2.19. The Kier molecular flexibility index (Phi) is 2.32. The summed E-state index contributed by atoms with van der Waals surface area (Å²) in [6, 6.07) is 0. The van der Waals surface area contributed by atoms with Crippen molar-refractivity contribution in [2.45, 2.75) is 51.0 Å². The second-order valence-corrected chi connectivity index (χ2v) is 4.05. The van der Waals surface area contributed by atoms with Crippen molar-refractivity contribution in [3.63, 3.8) is 0 Å². The van der Waals surface area contributed by atoms with Crippen LogP contribution >= 0.6 is 0 Å². The topological polar surface area (TPSA) is 47.9 Å². The number of aliphatic hydroxyl groups is 1. The molecule has 2 rings (SSSR count). The molecule has 0 radical (unpaired) electrons. The summed E-state index contributed by atoms with van der Waals surface area (Å²) in [6.45, 7) is 3.93. The van der Waals surface area contributed by atoms with Crippen LogP contribution in [0.4, 0.5) is 0 Å². The van der Waals surface area contributed by atoms with Crippen molar-refractivity contribution in [1.82, 2.24) is 0 Å². The summed E-state index contributed by atoms with van der Waals surface area (Å²) < 4.78 is 16.7. The zero-order valence-corrected chi connectivity index (χ0v) is 8.03. The highest BCUT2D eigenvalue weighted by Crippen LogP contribution is 2.37. The SMILES string of the molecule is CC1(C)OC2C[C@@H](CCO)O[C@@H]2O1. The van der Waals surface area contributed by atoms with E-state index in [0.29, 0.717) is 6.42 Å². The van der Waals surface area contributed by atoms with Gasteiger partial charge in [0.05, 0.1) is 6.10 Å². The van der Waals surface area contributed by atoms with E-state index in [1.807, 2.05) is 13.8 Å². The van der Waals surface area contributed by atoms with E-state index in [-0.39, 0.29) is 25.1 Å². The molecule has 0 amide bonds. The van der Waals surface area contributed by atoms with Gasteiger partial charge in [0.1, 0.15) is 6.10 Å². The number of fused-ring (bicyclic) bond motifs is 1. The second kappa shape index (κ2) is 3.20. The van der Waals surface area contributed by atoms with Gasteiger partial charge in [-0.3, -0.25) is 0 Å². The monoisotopic (exact) mass is 188 g/mol. The van der Waals surface area contributed by atoms with Crippen LogP contribution in [-0.4, -0.2) is 36.0 Å². The largest absolute Gasteiger partial charge is 0.396 e. The van der Waals surface area contributed by atoms with Gasteiger partial charge in [-0.2, -0.15) is 0 Å². The highest BCUT2D eigenvalue weighted by atomic mass is 16.8. The number of ether oxygens (including phenoxy) is 3. The summed E-state index contributed by atoms with van der Waals surface area (Å²) in [6.07, 6.45) is 1.41. The molecule has 2 aliphatic heterocycles. The highest BCUT2D eigenvalue weighted by Gasteiger charge is 2.48. The van der Waals surface area contributed by atoms with Gasteiger partial charge in [-0.1, -0.05) is 0 Å². The Balaban J connectivity index is 1.90. The lowest BCUT2D eigenvalue weighted by atomic mass is 10.1. The van der Waals surface area contributed by atoms with Gasteiger partial charge in [0.2, 0.25) is 0 Å². The van der Waals surface area contributed by atoms with Gasteiger partial charge in [0, 0.05) is 13.0 Å². The summed E-state index contributed by atoms with van der Waals surface area (Å²) >= 11 is 0. The molecule has 13 heavy (non-hydrogen) atoms. The average molecular weight is 188 g/mol. The van der Waals surface area contributed by atoms with Crippen LogP contribution in [0.1, 0.15) is 26.7 Å². The van der Waals surface area contributed by atoms with Crippen molar-refractivity contribution in [2.24, 2.45) is 0 Å². The predicted octanol–water partition coefficient (Wildman–Crippen LogP) is 0.635. The molecular weight excluding hydrogens is 172 g/mol. The van der Waals surface area contributed by atoms with Gasteiger partial charge in [-0.25, -0.2) is 0 Å². The number of hydrogen-bond acceptors (Lipinski definition) is 4. The Morgan fingerprint density at radius 1 is 1.38 bits per heavy atom. The van der Waals surface area contributed by atoms with E-state index >= 15 is 0 Å². The fraction of sp³-hybridized carbons (Fsp3) is 1.00. The van der Waals surface area contributed by atoms with Crippen LogP contribution < -0.4 is 0 Å². The van der Waals surface area contributed by atoms with Gasteiger partial charge in [0.25, 0.3) is 0 Å². The van der Waals surface area contributed by atoms with Crippen LogP contribution in [0.3, 0.4) is 0 Å². The Morgan fingerprint density at radius 3 is 2.77 bits per heavy atom. The fourth-order valence-electron chi connectivity index (χ4n) is 1.91. The molecule has 0 spiro atoms. The van der Waals surface area contributed by atoms with Gasteiger partial charge >= 0.3 is 0 Å². The molecule has 0 aromatic rings. The smallest absolute Gasteiger partial charge is 0.187 e. The van der Waals surface area contributed by atoms with E-state index in [1.54, 1.807) is 0 Å². The number of aliphatic hydroxyl groups excluding tert-OH is 1. The molecule has 0 aromatic heterocycles. The van der Waals surface area contributed by atoms with Crippen molar-refractivity contribution in [2.75, 3.05) is 6.61 Å². The summed E-state index contributed by atoms with van der Waals surface area (Å²) in [4.78, 5) is 0. The molecule has 2 fully saturated rings. The van der Waals surface area contributed by atoms with Crippen molar-refractivity contribution >= 4 is 0 Å². The minimum atomic E-state index is -0.514. The molecule has 0 aromatic carbocycles. The summed E-state index contributed by atoms with van der Waals surface area (Å²) in [7, 11) is 0. The molecule has 76 valence electrons. The summed E-state index contributed by atoms with van der Waals surface area (Å²) in [5.74, 6) is -0.514. The predicted molar refractivity (Wildman–Crippen MR) is 45.0 cm³/mol. The molecule has 0 aliphatic carbocycles. The van der Waals surface area contributed by atoms with Gasteiger partial charge in [-0.05, 0) is 20.3 Å². The maximum Gasteiger partial charge on any atom is 0.187 e. The molecule has 4 nitrogen and oxygen atoms in total. The average Bonchev–Trinajstić information content (AvgIpc) is 2.41. The van der Waals surface area contributed by atoms with Crippen LogP contribution in [0.5, 0.6) is 0 Å². The molecule has 2 saturated heterocycles. The molecule has 0 bridgehead atoms. The van der Waals surface area contributed by atoms with E-state index in [2.05, 4.69) is 0 Å². The molecule has 3 atom stereocenters. The quantitative estimate of drug-likeness (QED) is 0.690. The van der Waals surface area contributed by atoms with E-state index in [4.69, 9.17) is 19.3 Å². The molecule has 2 aliphatic rings. The van der Waals surface area contributed by atoms with Gasteiger partial charge in [0.15, 0.2) is 12.1 Å². The van der Waals surface area contributed by atoms with Crippen molar-refractivity contribution in [3.05, 3.63) is 0 Å². The maximum absolute atomic E-state index is 8.73. The Morgan fingerprint density at radius 2 is 2.15 bits per heavy atom. The van der Waals surface area contributed by atoms with Crippen LogP contribution in [0, 0.1) is 0 Å². The standard InChI is InChI=1S/C9H16O4/c1-9(2)12-7-5-6(3-4-10)11-8(7)13-9/h6-8,10H,3-5H2,1-2H3/t6-,7?,8-/m1/s1. The summed E-state index contributed by atoms with van der Waals surface area (Å²) in [5.41, 5.74) is 0. The number of hydrogen-bond donors (Lipinski definition) is 1. The minimum absolute atomic E-state index is 0.0477. The first-order valence-electron chi connectivity index (χ1n) is 4.73. The Hall–Kier alpha value is -0.160. The third-order valence-electron chi connectivity index (χ3n) is 2.41. The normalized spacial score (nSPS) is 42.2. The van der Waals surface area contributed by atoms with Gasteiger partial charge < -0.3 is 19.3 Å². The van der Waals surface area contributed by atoms with Crippen molar-refractivity contribution in [1.29, 1.82) is 0 Å². The molecule has 1 unspecified atom stereocenters. The van der Waals surface area contributed by atoms with Crippen molar-refractivity contribution in [3.8, 4) is 0 Å². The minimum Gasteiger partial charge on any atom is -0.396 e. The van der Waals surface area contributed by atoms with E-state index in [1.165, 1.54) is 0 Å². The molecule has 1 N–H and O–H groups in total. The van der Waals surface area contributed by atoms with Gasteiger partial charge in [-0.15, -0.1) is 0 Å². The van der Waals surface area contributed by atoms with Crippen LogP contribution in [0.25, 0.3) is 0 Å². The first-order chi connectivity index (χ1) is 6.11. The lowest BCUT2D eigenvalue weighted by molar-refractivity contribution is -0.205. The Labute approximate surface area is 77.8 Å². The molecular formula is C9H16O4. The van der Waals surface area contributed by atoms with Crippen molar-refractivity contribution < 1.29 is 19.3 Å². The number of rotatable bonds is 2. The Bertz CT molecular complexity index is 176. The van der Waals surface area contributed by atoms with E-state index < -0.39 is 5.79 Å². The van der Waals surface area contributed by atoms with Crippen LogP contribution in [-0.2, 0) is 14.2 Å². The molecule has 0 saturated carbocycles. The van der Waals surface area contributed by atoms with E-state index in [0.717, 1.165) is 6.42 Å². The zero-order chi connectivity index (χ0) is 9.47. The first kappa shape index (κ1) is 9.40. The molecule has 2 heterocycles. The third-order valence-corrected chi connectivity index (χ3v) is 2.41. The summed E-state index contributed by atoms with van der Waals surface area (Å²) in [5, 5.41) is 8.73. The highest BCUT2D eigenvalue weighted by molar-refractivity contribution is 4.84. The maximum atomic E-state index is 8.73. The zero-order valence-electron chi connectivity index (χ0n) is 8.03. The second-order valence-electron chi connectivity index (χ2n) is 4.05. The van der Waals surface area contributed by atoms with Crippen LogP contribution in [0.15, 0.2) is 0 Å². The molecule has 4 heteroatoms. The van der Waals surface area contributed by atoms with Crippen LogP contribution in [0.2, 0.25) is 0 Å². The third kappa shape index (κ3) is 1.86. The lowest BCUT2D eigenvalue weighted by Crippen LogP contribution is -2.25.